The van der Waals surface area contributed by atoms with Crippen LogP contribution in [-0.2, 0) is 25.1 Å². The number of sulfonamides is 1. The molecule has 8 nitrogen and oxygen atoms in total. The third-order valence-corrected chi connectivity index (χ3v) is 7.60. The van der Waals surface area contributed by atoms with Crippen LogP contribution < -0.4 is 4.90 Å². The summed E-state index contributed by atoms with van der Waals surface area (Å²) in [6.07, 6.45) is 3.13. The Hall–Kier alpha value is -2.23. The molecule has 0 unspecified atom stereocenters. The number of nitrogens with zero attached hydrogens (tertiary/aromatic N) is 4. The molecule has 9 heteroatoms. The van der Waals surface area contributed by atoms with Crippen molar-refractivity contribution in [2.45, 2.75) is 29.7 Å². The van der Waals surface area contributed by atoms with Gasteiger partial charge in [0.2, 0.25) is 15.9 Å². The first kappa shape index (κ1) is 19.1. The quantitative estimate of drug-likeness (QED) is 0.753. The molecule has 0 N–H and O–H groups in total. The maximum Gasteiger partial charge on any atom is 0.243 e. The van der Waals surface area contributed by atoms with Crippen LogP contribution in [0.4, 0.5) is 5.82 Å². The van der Waals surface area contributed by atoms with E-state index in [2.05, 4.69) is 5.10 Å². The first-order valence-electron chi connectivity index (χ1n) is 9.37. The van der Waals surface area contributed by atoms with Gasteiger partial charge in [-0.25, -0.2) is 13.1 Å². The van der Waals surface area contributed by atoms with Gasteiger partial charge in [-0.2, -0.15) is 9.40 Å². The van der Waals surface area contributed by atoms with E-state index in [1.54, 1.807) is 48.5 Å². The highest BCUT2D eigenvalue weighted by molar-refractivity contribution is 7.89. The summed E-state index contributed by atoms with van der Waals surface area (Å²) in [6.45, 7) is 1.66. The van der Waals surface area contributed by atoms with Gasteiger partial charge >= 0.3 is 0 Å². The molecule has 2 aliphatic heterocycles. The maximum absolute atomic E-state index is 12.9. The number of piperidine rings is 1. The van der Waals surface area contributed by atoms with Crippen LogP contribution in [0.3, 0.4) is 0 Å². The number of rotatable bonds is 5. The largest absolute Gasteiger partial charge is 0.383 e. The number of methoxy groups -OCH3 is 1. The van der Waals surface area contributed by atoms with Crippen LogP contribution in [0.15, 0.2) is 47.5 Å². The molecule has 0 bridgehead atoms. The summed E-state index contributed by atoms with van der Waals surface area (Å²) < 4.78 is 34.3. The van der Waals surface area contributed by atoms with Crippen LogP contribution in [-0.4, -0.2) is 61.8 Å². The first-order valence-corrected chi connectivity index (χ1v) is 10.8. The fraction of sp³-hybridized carbons (Fsp3) is 0.474. The Labute approximate surface area is 164 Å². The Morgan fingerprint density at radius 3 is 2.54 bits per heavy atom. The Morgan fingerprint density at radius 2 is 1.86 bits per heavy atom. The zero-order valence-electron chi connectivity index (χ0n) is 15.8. The molecule has 0 atom stereocenters. The smallest absolute Gasteiger partial charge is 0.243 e. The molecule has 1 aromatic carbocycles. The molecule has 1 fully saturated rings. The van der Waals surface area contributed by atoms with Crippen LogP contribution in [0.2, 0.25) is 0 Å². The number of hydrogen-bond acceptors (Lipinski definition) is 5. The summed E-state index contributed by atoms with van der Waals surface area (Å²) >= 11 is 0. The molecule has 1 spiro atoms. The van der Waals surface area contributed by atoms with E-state index in [-0.39, 0.29) is 5.91 Å². The van der Waals surface area contributed by atoms with E-state index in [1.165, 1.54) is 4.31 Å². The number of aromatic nitrogens is 2. The molecule has 2 aliphatic rings. The lowest BCUT2D eigenvalue weighted by Gasteiger charge is -2.46. The van der Waals surface area contributed by atoms with Crippen molar-refractivity contribution in [3.05, 3.63) is 42.6 Å². The van der Waals surface area contributed by atoms with Gasteiger partial charge in [-0.1, -0.05) is 18.2 Å². The summed E-state index contributed by atoms with van der Waals surface area (Å²) in [7, 11) is -1.92. The highest BCUT2D eigenvalue weighted by Crippen LogP contribution is 2.41. The monoisotopic (exact) mass is 404 g/mol. The third kappa shape index (κ3) is 3.13. The van der Waals surface area contributed by atoms with Gasteiger partial charge in [0.05, 0.1) is 36.2 Å². The van der Waals surface area contributed by atoms with E-state index >= 15 is 0 Å². The lowest BCUT2D eigenvalue weighted by atomic mass is 9.83. The molecular formula is C19H24N4O4S. The number of fused-ring (bicyclic) bond motifs is 2. The van der Waals surface area contributed by atoms with Gasteiger partial charge in [0.15, 0.2) is 0 Å². The normalized spacial score (nSPS) is 19.8. The number of hydrogen-bond donors (Lipinski definition) is 0. The van der Waals surface area contributed by atoms with Crippen LogP contribution >= 0.6 is 0 Å². The van der Waals surface area contributed by atoms with Gasteiger partial charge in [0, 0.05) is 26.3 Å². The summed E-state index contributed by atoms with van der Waals surface area (Å²) in [4.78, 5) is 14.8. The van der Waals surface area contributed by atoms with Crippen molar-refractivity contribution in [1.82, 2.24) is 14.1 Å². The predicted molar refractivity (Wildman–Crippen MR) is 103 cm³/mol. The molecule has 1 amide bonds. The topological polar surface area (TPSA) is 84.7 Å². The molecule has 1 saturated heterocycles. The summed E-state index contributed by atoms with van der Waals surface area (Å²) in [5.41, 5.74) is -0.470. The average molecular weight is 404 g/mol. The maximum atomic E-state index is 12.9. The minimum Gasteiger partial charge on any atom is -0.383 e. The molecule has 0 saturated carbocycles. The molecule has 0 radical (unpaired) electrons. The zero-order chi connectivity index (χ0) is 19.8. The Balaban J connectivity index is 1.56. The molecule has 2 aromatic rings. The zero-order valence-corrected chi connectivity index (χ0v) is 16.6. The number of anilines is 1. The average Bonchev–Trinajstić information content (AvgIpc) is 3.20. The molecule has 150 valence electrons. The van der Waals surface area contributed by atoms with Gasteiger partial charge in [0.25, 0.3) is 0 Å². The molecular weight excluding hydrogens is 380 g/mol. The van der Waals surface area contributed by atoms with Gasteiger partial charge in [-0.05, 0) is 25.0 Å². The van der Waals surface area contributed by atoms with Gasteiger partial charge in [-0.15, -0.1) is 0 Å². The SMILES string of the molecule is COCCN1C(=O)CC2(CCN(S(=O)(=O)c3ccccc3)CC2)n2nccc21. The van der Waals surface area contributed by atoms with E-state index < -0.39 is 15.6 Å². The van der Waals surface area contributed by atoms with Crippen LogP contribution in [0.5, 0.6) is 0 Å². The third-order valence-electron chi connectivity index (χ3n) is 5.68. The van der Waals surface area contributed by atoms with Gasteiger partial charge in [-0.3, -0.25) is 9.69 Å². The van der Waals surface area contributed by atoms with Crippen molar-refractivity contribution in [2.75, 3.05) is 38.3 Å². The second kappa shape index (κ2) is 7.31. The highest BCUT2D eigenvalue weighted by Gasteiger charge is 2.47. The fourth-order valence-corrected chi connectivity index (χ4v) is 5.60. The minimum absolute atomic E-state index is 0.0319. The predicted octanol–water partition coefficient (Wildman–Crippen LogP) is 1.45. The van der Waals surface area contributed by atoms with E-state index in [9.17, 15) is 13.2 Å². The second-order valence-corrected chi connectivity index (χ2v) is 9.20. The Bertz CT molecular complexity index is 949. The standard InChI is InChI=1S/C19H24N4O4S/c1-27-14-13-22-17-7-10-20-23(17)19(15-18(22)24)8-11-21(12-9-19)28(25,26)16-5-3-2-4-6-16/h2-7,10H,8-9,11-15H2,1H3. The van der Waals surface area contributed by atoms with Gasteiger partial charge < -0.3 is 4.74 Å². The van der Waals surface area contributed by atoms with Crippen molar-refractivity contribution in [3.63, 3.8) is 0 Å². The molecule has 28 heavy (non-hydrogen) atoms. The summed E-state index contributed by atoms with van der Waals surface area (Å²) in [5.74, 6) is 0.789. The van der Waals surface area contributed by atoms with E-state index in [4.69, 9.17) is 4.74 Å². The summed E-state index contributed by atoms with van der Waals surface area (Å²) in [6, 6.07) is 10.3. The first-order chi connectivity index (χ1) is 13.5. The Kier molecular flexibility index (Phi) is 4.98. The van der Waals surface area contributed by atoms with Crippen LogP contribution in [0, 0.1) is 0 Å². The minimum atomic E-state index is -3.53. The van der Waals surface area contributed by atoms with E-state index in [1.807, 2.05) is 10.7 Å². The van der Waals surface area contributed by atoms with E-state index in [0.29, 0.717) is 50.4 Å². The number of amides is 1. The lowest BCUT2D eigenvalue weighted by Crippen LogP contribution is -2.55. The van der Waals surface area contributed by atoms with Crippen molar-refractivity contribution >= 4 is 21.7 Å². The molecule has 1 aromatic heterocycles. The van der Waals surface area contributed by atoms with Crippen molar-refractivity contribution in [2.24, 2.45) is 0 Å². The molecule has 3 heterocycles. The Morgan fingerprint density at radius 1 is 1.14 bits per heavy atom. The molecule has 0 aliphatic carbocycles. The number of carbonyl (C=O) groups excluding carboxylic acids is 1. The summed E-state index contributed by atoms with van der Waals surface area (Å²) in [5, 5.41) is 4.49. The molecule has 4 rings (SSSR count). The van der Waals surface area contributed by atoms with Crippen LogP contribution in [0.1, 0.15) is 19.3 Å². The number of benzene rings is 1. The van der Waals surface area contributed by atoms with Gasteiger partial charge in [0.1, 0.15) is 5.82 Å². The lowest BCUT2D eigenvalue weighted by molar-refractivity contribution is -0.122. The second-order valence-electron chi connectivity index (χ2n) is 7.26. The van der Waals surface area contributed by atoms with Crippen molar-refractivity contribution < 1.29 is 17.9 Å². The highest BCUT2D eigenvalue weighted by atomic mass is 32.2. The van der Waals surface area contributed by atoms with Crippen molar-refractivity contribution in [1.29, 1.82) is 0 Å². The fourth-order valence-electron chi connectivity index (χ4n) is 4.14. The number of carbonyl (C=O) groups is 1. The van der Waals surface area contributed by atoms with Crippen LogP contribution in [0.25, 0.3) is 0 Å². The van der Waals surface area contributed by atoms with E-state index in [0.717, 1.165) is 5.82 Å². The number of ether oxygens (including phenoxy) is 1. The van der Waals surface area contributed by atoms with Crippen molar-refractivity contribution in [3.8, 4) is 0 Å².